The summed E-state index contributed by atoms with van der Waals surface area (Å²) in [6, 6.07) is 15.0. The molecule has 1 saturated carbocycles. The first-order valence-corrected chi connectivity index (χ1v) is 11.4. The predicted molar refractivity (Wildman–Crippen MR) is 125 cm³/mol. The van der Waals surface area contributed by atoms with E-state index < -0.39 is 30.2 Å². The summed E-state index contributed by atoms with van der Waals surface area (Å²) in [6.45, 7) is 0. The normalized spacial score (nSPS) is 16.7. The smallest absolute Gasteiger partial charge is 0.305 e. The molecular formula is C27H25NO6. The maximum Gasteiger partial charge on any atom is 0.305 e. The summed E-state index contributed by atoms with van der Waals surface area (Å²) in [6.07, 6.45) is 3.50. The number of carbonyl (C=O) groups is 3. The second-order valence-corrected chi connectivity index (χ2v) is 8.77. The van der Waals surface area contributed by atoms with E-state index in [-0.39, 0.29) is 17.2 Å². The number of carbonyl (C=O) groups excluding carboxylic acids is 2. The molecule has 2 amide bonds. The maximum atomic E-state index is 13.5. The number of carboxylic acids is 1. The zero-order valence-electron chi connectivity index (χ0n) is 18.8. The van der Waals surface area contributed by atoms with E-state index in [0.29, 0.717) is 17.1 Å². The molecule has 174 valence electrons. The van der Waals surface area contributed by atoms with Crippen molar-refractivity contribution in [2.24, 2.45) is 0 Å². The number of carboxylic acid groups (broad SMARTS) is 1. The van der Waals surface area contributed by atoms with Gasteiger partial charge >= 0.3 is 5.97 Å². The van der Waals surface area contributed by atoms with Crippen LogP contribution in [0.4, 0.5) is 0 Å². The van der Waals surface area contributed by atoms with E-state index in [1.165, 1.54) is 7.11 Å². The van der Waals surface area contributed by atoms with Gasteiger partial charge in [0, 0.05) is 11.6 Å². The Bertz CT molecular complexity index is 1240. The van der Waals surface area contributed by atoms with Gasteiger partial charge in [-0.25, -0.2) is 0 Å². The number of amides is 2. The lowest BCUT2D eigenvalue weighted by molar-refractivity contribution is -0.138. The Morgan fingerprint density at radius 2 is 1.62 bits per heavy atom. The van der Waals surface area contributed by atoms with Gasteiger partial charge in [-0.3, -0.25) is 19.3 Å². The van der Waals surface area contributed by atoms with Crippen LogP contribution in [0.1, 0.15) is 64.4 Å². The van der Waals surface area contributed by atoms with Crippen LogP contribution in [-0.4, -0.2) is 41.0 Å². The van der Waals surface area contributed by atoms with Gasteiger partial charge in [0.1, 0.15) is 11.5 Å². The molecule has 1 aliphatic heterocycles. The number of hydrogen-bond acceptors (Lipinski definition) is 5. The van der Waals surface area contributed by atoms with E-state index in [0.717, 1.165) is 41.4 Å². The summed E-state index contributed by atoms with van der Waals surface area (Å²) in [5, 5.41) is 11.4. The van der Waals surface area contributed by atoms with E-state index in [1.54, 1.807) is 30.3 Å². The number of rotatable bonds is 7. The number of hydrogen-bond donors (Lipinski definition) is 1. The predicted octanol–water partition coefficient (Wildman–Crippen LogP) is 4.98. The SMILES string of the molecule is COc1ccc(C(CC(=O)O)N2C(=O)c3cc4ccccc4cc3C2=O)c(OC2CCCC2)c1. The molecule has 1 fully saturated rings. The number of nitrogens with zero attached hydrogens (tertiary/aromatic N) is 1. The van der Waals surface area contributed by atoms with Crippen LogP contribution in [-0.2, 0) is 4.79 Å². The molecule has 7 nitrogen and oxygen atoms in total. The van der Waals surface area contributed by atoms with Crippen LogP contribution in [0, 0.1) is 0 Å². The van der Waals surface area contributed by atoms with Crippen LogP contribution < -0.4 is 9.47 Å². The molecule has 5 rings (SSSR count). The summed E-state index contributed by atoms with van der Waals surface area (Å²) in [4.78, 5) is 39.9. The first-order valence-electron chi connectivity index (χ1n) is 11.4. The van der Waals surface area contributed by atoms with E-state index in [1.807, 2.05) is 24.3 Å². The summed E-state index contributed by atoms with van der Waals surface area (Å²) in [7, 11) is 1.54. The quantitative estimate of drug-likeness (QED) is 0.501. The van der Waals surface area contributed by atoms with Crippen molar-refractivity contribution in [3.05, 3.63) is 71.3 Å². The molecule has 3 aromatic rings. The summed E-state index contributed by atoms with van der Waals surface area (Å²) >= 11 is 0. The molecule has 1 aliphatic carbocycles. The second kappa shape index (κ2) is 8.82. The van der Waals surface area contributed by atoms with E-state index in [9.17, 15) is 19.5 Å². The van der Waals surface area contributed by atoms with Crippen LogP contribution >= 0.6 is 0 Å². The van der Waals surface area contributed by atoms with Gasteiger partial charge in [0.25, 0.3) is 11.8 Å². The Kier molecular flexibility index (Phi) is 5.69. The average Bonchev–Trinajstić information content (AvgIpc) is 3.43. The van der Waals surface area contributed by atoms with Crippen molar-refractivity contribution in [2.75, 3.05) is 7.11 Å². The molecule has 1 unspecified atom stereocenters. The van der Waals surface area contributed by atoms with E-state index >= 15 is 0 Å². The molecule has 3 aromatic carbocycles. The standard InChI is InChI=1S/C27H25NO6/c1-33-19-10-11-20(24(14-19)34-18-8-4-5-9-18)23(15-25(29)30)28-26(31)21-12-16-6-2-3-7-17(16)13-22(21)27(28)32/h2-3,6-7,10-14,18,23H,4-5,8-9,15H2,1H3,(H,29,30). The van der Waals surface area contributed by atoms with Crippen molar-refractivity contribution in [3.63, 3.8) is 0 Å². The third kappa shape index (κ3) is 3.87. The number of benzene rings is 3. The molecular weight excluding hydrogens is 434 g/mol. The van der Waals surface area contributed by atoms with Gasteiger partial charge in [-0.15, -0.1) is 0 Å². The lowest BCUT2D eigenvalue weighted by Crippen LogP contribution is -2.35. The Morgan fingerprint density at radius 3 is 2.18 bits per heavy atom. The number of aliphatic carboxylic acids is 1. The number of imide groups is 1. The van der Waals surface area contributed by atoms with Crippen molar-refractivity contribution in [3.8, 4) is 11.5 Å². The lowest BCUT2D eigenvalue weighted by atomic mass is 10.00. The van der Waals surface area contributed by atoms with Crippen molar-refractivity contribution in [2.45, 2.75) is 44.2 Å². The molecule has 34 heavy (non-hydrogen) atoms. The minimum Gasteiger partial charge on any atom is -0.497 e. The lowest BCUT2D eigenvalue weighted by Gasteiger charge is -2.28. The van der Waals surface area contributed by atoms with Gasteiger partial charge in [-0.1, -0.05) is 24.3 Å². The molecule has 0 radical (unpaired) electrons. The Morgan fingerprint density at radius 1 is 1.00 bits per heavy atom. The largest absolute Gasteiger partial charge is 0.497 e. The van der Waals surface area contributed by atoms with Gasteiger partial charge in [0.15, 0.2) is 0 Å². The third-order valence-corrected chi connectivity index (χ3v) is 6.64. The van der Waals surface area contributed by atoms with Gasteiger partial charge in [0.2, 0.25) is 0 Å². The zero-order valence-corrected chi connectivity index (χ0v) is 18.8. The molecule has 0 saturated heterocycles. The Balaban J connectivity index is 1.59. The molecule has 1 atom stereocenters. The first-order chi connectivity index (χ1) is 16.5. The highest BCUT2D eigenvalue weighted by atomic mass is 16.5. The van der Waals surface area contributed by atoms with Crippen molar-refractivity contribution < 1.29 is 29.0 Å². The number of fused-ring (bicyclic) bond motifs is 2. The third-order valence-electron chi connectivity index (χ3n) is 6.64. The molecule has 0 spiro atoms. The molecule has 0 bridgehead atoms. The molecule has 2 aliphatic rings. The Labute approximate surface area is 196 Å². The van der Waals surface area contributed by atoms with E-state index in [4.69, 9.17) is 9.47 Å². The fourth-order valence-electron chi connectivity index (χ4n) is 4.94. The molecule has 0 aromatic heterocycles. The van der Waals surface area contributed by atoms with Gasteiger partial charge in [-0.2, -0.15) is 0 Å². The van der Waals surface area contributed by atoms with Crippen molar-refractivity contribution >= 4 is 28.6 Å². The second-order valence-electron chi connectivity index (χ2n) is 8.77. The van der Waals surface area contributed by atoms with Gasteiger partial charge < -0.3 is 14.6 Å². The summed E-state index contributed by atoms with van der Waals surface area (Å²) in [5.41, 5.74) is 1.05. The van der Waals surface area contributed by atoms with Crippen molar-refractivity contribution in [1.82, 2.24) is 4.90 Å². The zero-order chi connectivity index (χ0) is 23.8. The highest BCUT2D eigenvalue weighted by Gasteiger charge is 2.42. The number of ether oxygens (including phenoxy) is 2. The highest BCUT2D eigenvalue weighted by Crippen LogP contribution is 2.41. The van der Waals surface area contributed by atoms with Crippen LogP contribution in [0.15, 0.2) is 54.6 Å². The minimum absolute atomic E-state index is 0.00353. The topological polar surface area (TPSA) is 93.1 Å². The summed E-state index contributed by atoms with van der Waals surface area (Å²) in [5.74, 6) is -1.12. The minimum atomic E-state index is -1.12. The molecule has 1 heterocycles. The van der Waals surface area contributed by atoms with Crippen LogP contribution in [0.5, 0.6) is 11.5 Å². The fraction of sp³-hybridized carbons (Fsp3) is 0.296. The fourth-order valence-corrected chi connectivity index (χ4v) is 4.94. The first kappa shape index (κ1) is 21.9. The average molecular weight is 459 g/mol. The van der Waals surface area contributed by atoms with Crippen LogP contribution in [0.2, 0.25) is 0 Å². The monoisotopic (exact) mass is 459 g/mol. The Hall–Kier alpha value is -3.87. The van der Waals surface area contributed by atoms with Gasteiger partial charge in [-0.05, 0) is 60.7 Å². The highest BCUT2D eigenvalue weighted by molar-refractivity contribution is 6.23. The van der Waals surface area contributed by atoms with E-state index in [2.05, 4.69) is 0 Å². The van der Waals surface area contributed by atoms with Crippen molar-refractivity contribution in [1.29, 1.82) is 0 Å². The maximum absolute atomic E-state index is 13.5. The molecule has 7 heteroatoms. The summed E-state index contributed by atoms with van der Waals surface area (Å²) < 4.78 is 11.6. The van der Waals surface area contributed by atoms with Crippen LogP contribution in [0.3, 0.4) is 0 Å². The molecule has 1 N–H and O–H groups in total. The van der Waals surface area contributed by atoms with Gasteiger partial charge in [0.05, 0.1) is 36.8 Å². The number of methoxy groups -OCH3 is 1. The van der Waals surface area contributed by atoms with Crippen LogP contribution in [0.25, 0.3) is 10.8 Å².